The lowest BCUT2D eigenvalue weighted by Gasteiger charge is -2.26. The molecule has 172 valence electrons. The lowest BCUT2D eigenvalue weighted by molar-refractivity contribution is 0.0342. The summed E-state index contributed by atoms with van der Waals surface area (Å²) in [6.07, 6.45) is 2.52. The Labute approximate surface area is 195 Å². The van der Waals surface area contributed by atoms with Crippen molar-refractivity contribution in [3.8, 4) is 11.3 Å². The molecule has 3 aromatic rings. The van der Waals surface area contributed by atoms with Crippen LogP contribution in [0.1, 0.15) is 28.8 Å². The van der Waals surface area contributed by atoms with Gasteiger partial charge in [0.1, 0.15) is 0 Å². The zero-order chi connectivity index (χ0) is 22.5. The summed E-state index contributed by atoms with van der Waals surface area (Å²) in [6, 6.07) is 18.4. The average molecular weight is 445 g/mol. The Balaban J connectivity index is 1.34. The van der Waals surface area contributed by atoms with Crippen LogP contribution in [-0.4, -0.2) is 73.2 Å². The summed E-state index contributed by atoms with van der Waals surface area (Å²) in [5, 5.41) is 4.02. The fraction of sp³-hybridized carbons (Fsp3) is 0.407. The largest absolute Gasteiger partial charge is 0.379 e. The first-order chi connectivity index (χ1) is 16.3. The van der Waals surface area contributed by atoms with E-state index < -0.39 is 0 Å². The Morgan fingerprint density at radius 3 is 2.48 bits per heavy atom. The van der Waals surface area contributed by atoms with Crippen LogP contribution in [0.2, 0.25) is 0 Å². The third-order valence-electron chi connectivity index (χ3n) is 6.63. The van der Waals surface area contributed by atoms with Crippen LogP contribution in [0.3, 0.4) is 0 Å². The number of pyridine rings is 1. The molecule has 3 heterocycles. The minimum absolute atomic E-state index is 0.0296. The van der Waals surface area contributed by atoms with E-state index in [9.17, 15) is 4.79 Å². The van der Waals surface area contributed by atoms with Crippen LogP contribution in [0, 0.1) is 0 Å². The van der Waals surface area contributed by atoms with Crippen molar-refractivity contribution in [1.29, 1.82) is 0 Å². The lowest BCUT2D eigenvalue weighted by atomic mass is 10.0. The van der Waals surface area contributed by atoms with Crippen molar-refractivity contribution in [3.05, 3.63) is 65.7 Å². The molecule has 0 radical (unpaired) electrons. The second kappa shape index (κ2) is 10.4. The number of rotatable bonds is 7. The second-order valence-corrected chi connectivity index (χ2v) is 8.96. The molecule has 0 atom stereocenters. The number of para-hydroxylation sites is 1. The first kappa shape index (κ1) is 22.0. The molecule has 0 unspecified atom stereocenters. The van der Waals surface area contributed by atoms with Crippen LogP contribution in [0.5, 0.6) is 0 Å². The van der Waals surface area contributed by atoms with Gasteiger partial charge in [0.2, 0.25) is 0 Å². The Hall–Kier alpha value is -2.80. The van der Waals surface area contributed by atoms with Gasteiger partial charge >= 0.3 is 0 Å². The molecule has 0 spiro atoms. The number of carbonyl (C=O) groups is 1. The van der Waals surface area contributed by atoms with E-state index in [4.69, 9.17) is 9.72 Å². The summed E-state index contributed by atoms with van der Waals surface area (Å²) in [5.74, 6) is -0.0296. The van der Waals surface area contributed by atoms with Gasteiger partial charge in [-0.25, -0.2) is 4.98 Å². The van der Waals surface area contributed by atoms with Gasteiger partial charge in [-0.3, -0.25) is 9.69 Å². The number of carbonyl (C=O) groups excluding carboxylic acids is 1. The van der Waals surface area contributed by atoms with Crippen molar-refractivity contribution in [3.63, 3.8) is 0 Å². The van der Waals surface area contributed by atoms with Gasteiger partial charge < -0.3 is 15.0 Å². The molecule has 6 nitrogen and oxygen atoms in total. The Kier molecular flexibility index (Phi) is 6.95. The smallest absolute Gasteiger partial charge is 0.252 e. The fourth-order valence-corrected chi connectivity index (χ4v) is 4.74. The predicted molar refractivity (Wildman–Crippen MR) is 131 cm³/mol. The van der Waals surface area contributed by atoms with Crippen LogP contribution in [-0.2, 0) is 11.3 Å². The maximum Gasteiger partial charge on any atom is 0.252 e. The number of aromatic nitrogens is 1. The van der Waals surface area contributed by atoms with Crippen molar-refractivity contribution in [2.24, 2.45) is 0 Å². The highest BCUT2D eigenvalue weighted by molar-refractivity contribution is 6.07. The predicted octanol–water partition coefficient (Wildman–Crippen LogP) is 3.56. The third kappa shape index (κ3) is 5.41. The number of ether oxygens (including phenoxy) is 1. The number of nitrogens with zero attached hydrogens (tertiary/aromatic N) is 3. The molecule has 2 saturated heterocycles. The zero-order valence-electron chi connectivity index (χ0n) is 19.1. The normalized spacial score (nSPS) is 17.5. The van der Waals surface area contributed by atoms with Gasteiger partial charge in [-0.1, -0.05) is 42.5 Å². The van der Waals surface area contributed by atoms with E-state index in [-0.39, 0.29) is 5.91 Å². The summed E-state index contributed by atoms with van der Waals surface area (Å²) < 4.78 is 5.45. The van der Waals surface area contributed by atoms with Crippen LogP contribution < -0.4 is 5.32 Å². The van der Waals surface area contributed by atoms with Crippen molar-refractivity contribution in [1.82, 2.24) is 20.1 Å². The number of benzene rings is 2. The van der Waals surface area contributed by atoms with E-state index >= 15 is 0 Å². The molecule has 5 rings (SSSR count). The number of hydrogen-bond donors (Lipinski definition) is 1. The highest BCUT2D eigenvalue weighted by Gasteiger charge is 2.16. The van der Waals surface area contributed by atoms with Gasteiger partial charge in [0.05, 0.1) is 30.0 Å². The Morgan fingerprint density at radius 2 is 1.70 bits per heavy atom. The molecule has 2 fully saturated rings. The van der Waals surface area contributed by atoms with Crippen molar-refractivity contribution < 1.29 is 9.53 Å². The number of hydrogen-bond acceptors (Lipinski definition) is 5. The number of fused-ring (bicyclic) bond motifs is 1. The van der Waals surface area contributed by atoms with Crippen LogP contribution in [0.15, 0.2) is 54.6 Å². The lowest BCUT2D eigenvalue weighted by Crippen LogP contribution is -2.35. The standard InChI is InChI=1S/C27H32N4O2/c32-27(28-11-14-30-12-3-4-13-30)24-19-26(29-25-6-2-1-5-23(24)25)22-9-7-21(8-10-22)20-31-15-17-33-18-16-31/h1-2,5-10,19H,3-4,11-18,20H2,(H,28,32). The summed E-state index contributed by atoms with van der Waals surface area (Å²) in [6.45, 7) is 8.35. The number of amides is 1. The monoisotopic (exact) mass is 444 g/mol. The maximum atomic E-state index is 13.1. The molecule has 33 heavy (non-hydrogen) atoms. The molecular formula is C27H32N4O2. The van der Waals surface area contributed by atoms with E-state index in [1.54, 1.807) is 0 Å². The Morgan fingerprint density at radius 1 is 0.939 bits per heavy atom. The number of nitrogens with one attached hydrogen (secondary N) is 1. The summed E-state index contributed by atoms with van der Waals surface area (Å²) in [4.78, 5) is 22.8. The van der Waals surface area contributed by atoms with E-state index in [0.717, 1.165) is 74.6 Å². The molecule has 1 N–H and O–H groups in total. The van der Waals surface area contributed by atoms with E-state index in [2.05, 4.69) is 39.4 Å². The van der Waals surface area contributed by atoms with E-state index in [1.807, 2.05) is 30.3 Å². The van der Waals surface area contributed by atoms with Crippen molar-refractivity contribution in [2.45, 2.75) is 19.4 Å². The molecule has 0 saturated carbocycles. The van der Waals surface area contributed by atoms with Gasteiger partial charge in [0, 0.05) is 43.7 Å². The topological polar surface area (TPSA) is 57.7 Å². The highest BCUT2D eigenvalue weighted by atomic mass is 16.5. The molecule has 0 bridgehead atoms. The van der Waals surface area contributed by atoms with Crippen LogP contribution in [0.4, 0.5) is 0 Å². The van der Waals surface area contributed by atoms with Crippen molar-refractivity contribution in [2.75, 3.05) is 52.5 Å². The minimum atomic E-state index is -0.0296. The first-order valence-corrected chi connectivity index (χ1v) is 12.1. The maximum absolute atomic E-state index is 13.1. The van der Waals surface area contributed by atoms with Crippen LogP contribution >= 0.6 is 0 Å². The number of likely N-dealkylation sites (tertiary alicyclic amines) is 1. The third-order valence-corrected chi connectivity index (χ3v) is 6.63. The summed E-state index contributed by atoms with van der Waals surface area (Å²) in [5.41, 5.74) is 4.67. The van der Waals surface area contributed by atoms with E-state index in [0.29, 0.717) is 12.1 Å². The fourth-order valence-electron chi connectivity index (χ4n) is 4.74. The van der Waals surface area contributed by atoms with Gasteiger partial charge in [-0.15, -0.1) is 0 Å². The molecule has 2 aromatic carbocycles. The van der Waals surface area contributed by atoms with E-state index in [1.165, 1.54) is 18.4 Å². The summed E-state index contributed by atoms with van der Waals surface area (Å²) >= 11 is 0. The van der Waals surface area contributed by atoms with Gasteiger partial charge in [0.25, 0.3) is 5.91 Å². The SMILES string of the molecule is O=C(NCCN1CCCC1)c1cc(-c2ccc(CN3CCOCC3)cc2)nc2ccccc12. The molecule has 2 aliphatic heterocycles. The zero-order valence-corrected chi connectivity index (χ0v) is 19.1. The van der Waals surface area contributed by atoms with Gasteiger partial charge in [0.15, 0.2) is 0 Å². The second-order valence-electron chi connectivity index (χ2n) is 8.96. The average Bonchev–Trinajstić information content (AvgIpc) is 3.38. The molecule has 1 aromatic heterocycles. The Bertz CT molecular complexity index is 1090. The minimum Gasteiger partial charge on any atom is -0.379 e. The quantitative estimate of drug-likeness (QED) is 0.604. The summed E-state index contributed by atoms with van der Waals surface area (Å²) in [7, 11) is 0. The van der Waals surface area contributed by atoms with Crippen molar-refractivity contribution >= 4 is 16.8 Å². The molecule has 0 aliphatic carbocycles. The number of morpholine rings is 1. The first-order valence-electron chi connectivity index (χ1n) is 12.1. The molecular weight excluding hydrogens is 412 g/mol. The van der Waals surface area contributed by atoms with Crippen LogP contribution in [0.25, 0.3) is 22.2 Å². The highest BCUT2D eigenvalue weighted by Crippen LogP contribution is 2.25. The van der Waals surface area contributed by atoms with Gasteiger partial charge in [-0.05, 0) is 43.6 Å². The molecule has 6 heteroatoms. The molecule has 2 aliphatic rings. The molecule has 1 amide bonds. The van der Waals surface area contributed by atoms with Gasteiger partial charge in [-0.2, -0.15) is 0 Å².